The number of benzene rings is 4. The minimum atomic E-state index is -0.941. The SMILES string of the molecule is CCOc1ccc(C(=O)Oc2ccc3ccccc3c2C=NNC(=O)C(=O)Nc2ccccc2)cc1. The first kappa shape index (κ1) is 24.2. The van der Waals surface area contributed by atoms with Crippen LogP contribution in [0.1, 0.15) is 22.8 Å². The molecule has 180 valence electrons. The number of hydrogen-bond donors (Lipinski definition) is 2. The van der Waals surface area contributed by atoms with Crippen molar-refractivity contribution in [2.75, 3.05) is 11.9 Å². The second kappa shape index (κ2) is 11.4. The molecule has 0 aliphatic rings. The van der Waals surface area contributed by atoms with Gasteiger partial charge in [0.1, 0.15) is 11.5 Å². The lowest BCUT2D eigenvalue weighted by Crippen LogP contribution is -2.32. The van der Waals surface area contributed by atoms with Gasteiger partial charge >= 0.3 is 17.8 Å². The fourth-order valence-corrected chi connectivity index (χ4v) is 3.43. The summed E-state index contributed by atoms with van der Waals surface area (Å²) in [5.74, 6) is -1.46. The molecule has 0 fully saturated rings. The average Bonchev–Trinajstić information content (AvgIpc) is 2.90. The van der Waals surface area contributed by atoms with Gasteiger partial charge in [-0.3, -0.25) is 9.59 Å². The van der Waals surface area contributed by atoms with Crippen LogP contribution in [0.3, 0.4) is 0 Å². The minimum Gasteiger partial charge on any atom is -0.494 e. The van der Waals surface area contributed by atoms with Gasteiger partial charge in [0.15, 0.2) is 0 Å². The van der Waals surface area contributed by atoms with Crippen LogP contribution in [0.5, 0.6) is 11.5 Å². The molecule has 0 aromatic heterocycles. The molecule has 0 aliphatic carbocycles. The van der Waals surface area contributed by atoms with Crippen LogP contribution in [0.4, 0.5) is 5.69 Å². The Labute approximate surface area is 207 Å². The molecule has 0 heterocycles. The van der Waals surface area contributed by atoms with Crippen LogP contribution < -0.4 is 20.2 Å². The van der Waals surface area contributed by atoms with Crippen molar-refractivity contribution < 1.29 is 23.9 Å². The van der Waals surface area contributed by atoms with Crippen LogP contribution in [0, 0.1) is 0 Å². The molecule has 8 nitrogen and oxygen atoms in total. The Morgan fingerprint density at radius 3 is 2.31 bits per heavy atom. The summed E-state index contributed by atoms with van der Waals surface area (Å²) < 4.78 is 11.1. The third-order valence-corrected chi connectivity index (χ3v) is 5.13. The molecule has 2 N–H and O–H groups in total. The van der Waals surface area contributed by atoms with Crippen LogP contribution in [0.15, 0.2) is 96.1 Å². The number of rotatable bonds is 7. The molecule has 0 aliphatic heterocycles. The zero-order valence-corrected chi connectivity index (χ0v) is 19.4. The van der Waals surface area contributed by atoms with E-state index in [2.05, 4.69) is 15.8 Å². The van der Waals surface area contributed by atoms with Crippen molar-refractivity contribution in [2.24, 2.45) is 5.10 Å². The Bertz CT molecular complexity index is 1420. The van der Waals surface area contributed by atoms with Crippen LogP contribution in [-0.2, 0) is 9.59 Å². The molecule has 4 aromatic carbocycles. The number of ether oxygens (including phenoxy) is 2. The first-order valence-corrected chi connectivity index (χ1v) is 11.2. The molecule has 0 spiro atoms. The van der Waals surface area contributed by atoms with Gasteiger partial charge in [0.05, 0.1) is 18.4 Å². The fourth-order valence-electron chi connectivity index (χ4n) is 3.43. The van der Waals surface area contributed by atoms with Gasteiger partial charge in [-0.2, -0.15) is 5.10 Å². The Hall–Kier alpha value is -4.98. The molecule has 0 saturated heterocycles. The topological polar surface area (TPSA) is 106 Å². The number of carbonyl (C=O) groups is 3. The molecule has 8 heteroatoms. The molecule has 4 aromatic rings. The quantitative estimate of drug-likeness (QED) is 0.132. The van der Waals surface area contributed by atoms with Gasteiger partial charge in [0, 0.05) is 11.3 Å². The van der Waals surface area contributed by atoms with E-state index >= 15 is 0 Å². The highest BCUT2D eigenvalue weighted by molar-refractivity contribution is 6.39. The molecule has 0 unspecified atom stereocenters. The molecule has 0 radical (unpaired) electrons. The summed E-state index contributed by atoms with van der Waals surface area (Å²) in [6, 6.07) is 26.2. The number of carbonyl (C=O) groups excluding carboxylic acids is 3. The number of nitrogens with zero attached hydrogens (tertiary/aromatic N) is 1. The van der Waals surface area contributed by atoms with Gasteiger partial charge in [0.2, 0.25) is 0 Å². The smallest absolute Gasteiger partial charge is 0.343 e. The number of nitrogens with one attached hydrogen (secondary N) is 2. The maximum Gasteiger partial charge on any atom is 0.343 e. The zero-order valence-electron chi connectivity index (χ0n) is 19.4. The molecular formula is C28H23N3O5. The van der Waals surface area contributed by atoms with E-state index in [-0.39, 0.29) is 5.75 Å². The third kappa shape index (κ3) is 5.92. The Kier molecular flexibility index (Phi) is 7.67. The van der Waals surface area contributed by atoms with Crippen LogP contribution >= 0.6 is 0 Å². The monoisotopic (exact) mass is 481 g/mol. The average molecular weight is 482 g/mol. The van der Waals surface area contributed by atoms with Crippen LogP contribution in [0.25, 0.3) is 10.8 Å². The Balaban J connectivity index is 1.52. The molecule has 36 heavy (non-hydrogen) atoms. The van der Waals surface area contributed by atoms with E-state index in [9.17, 15) is 14.4 Å². The van der Waals surface area contributed by atoms with E-state index in [1.807, 2.05) is 37.3 Å². The third-order valence-electron chi connectivity index (χ3n) is 5.13. The normalized spacial score (nSPS) is 10.7. The van der Waals surface area contributed by atoms with E-state index in [4.69, 9.17) is 9.47 Å². The predicted octanol–water partition coefficient (Wildman–Crippen LogP) is 4.55. The minimum absolute atomic E-state index is 0.249. The van der Waals surface area contributed by atoms with Crippen molar-refractivity contribution in [3.63, 3.8) is 0 Å². The van der Waals surface area contributed by atoms with Crippen molar-refractivity contribution in [2.45, 2.75) is 6.92 Å². The van der Waals surface area contributed by atoms with Gasteiger partial charge in [-0.15, -0.1) is 0 Å². The fraction of sp³-hybridized carbons (Fsp3) is 0.0714. The second-order valence-corrected chi connectivity index (χ2v) is 7.56. The summed E-state index contributed by atoms with van der Waals surface area (Å²) in [4.78, 5) is 37.1. The van der Waals surface area contributed by atoms with Crippen molar-refractivity contribution >= 4 is 40.5 Å². The van der Waals surface area contributed by atoms with Crippen molar-refractivity contribution in [3.05, 3.63) is 102 Å². The van der Waals surface area contributed by atoms with Crippen LogP contribution in [-0.4, -0.2) is 30.6 Å². The molecule has 4 rings (SSSR count). The number of amides is 2. The lowest BCUT2D eigenvalue weighted by Gasteiger charge is -2.11. The van der Waals surface area contributed by atoms with E-state index < -0.39 is 17.8 Å². The zero-order chi connectivity index (χ0) is 25.3. The first-order valence-electron chi connectivity index (χ1n) is 11.2. The lowest BCUT2D eigenvalue weighted by atomic mass is 10.0. The van der Waals surface area contributed by atoms with Gasteiger partial charge in [-0.25, -0.2) is 10.2 Å². The number of anilines is 1. The summed E-state index contributed by atoms with van der Waals surface area (Å²) in [7, 11) is 0. The van der Waals surface area contributed by atoms with Crippen molar-refractivity contribution in [1.82, 2.24) is 5.43 Å². The molecular weight excluding hydrogens is 458 g/mol. The standard InChI is InChI=1S/C28H23N3O5/c1-2-35-22-15-12-20(13-16-22)28(34)36-25-17-14-19-8-6-7-11-23(19)24(25)18-29-31-27(33)26(32)30-21-9-4-3-5-10-21/h3-18H,2H2,1H3,(H,30,32)(H,31,33). The predicted molar refractivity (Wildman–Crippen MR) is 137 cm³/mol. The van der Waals surface area contributed by atoms with E-state index in [1.165, 1.54) is 6.21 Å². The maximum atomic E-state index is 12.8. The summed E-state index contributed by atoms with van der Waals surface area (Å²) in [5.41, 5.74) is 3.51. The summed E-state index contributed by atoms with van der Waals surface area (Å²) >= 11 is 0. The number of fused-ring (bicyclic) bond motifs is 1. The highest BCUT2D eigenvalue weighted by Gasteiger charge is 2.15. The van der Waals surface area contributed by atoms with Gasteiger partial charge < -0.3 is 14.8 Å². The van der Waals surface area contributed by atoms with Gasteiger partial charge in [0.25, 0.3) is 0 Å². The van der Waals surface area contributed by atoms with E-state index in [1.54, 1.807) is 60.7 Å². The van der Waals surface area contributed by atoms with Crippen molar-refractivity contribution in [3.8, 4) is 11.5 Å². The number of esters is 1. The van der Waals surface area contributed by atoms with Gasteiger partial charge in [-0.1, -0.05) is 48.5 Å². The van der Waals surface area contributed by atoms with E-state index in [0.717, 1.165) is 10.8 Å². The summed E-state index contributed by atoms with van der Waals surface area (Å²) in [5, 5.41) is 8.05. The number of hydrogen-bond acceptors (Lipinski definition) is 6. The second-order valence-electron chi connectivity index (χ2n) is 7.56. The molecule has 2 amide bonds. The first-order chi connectivity index (χ1) is 17.5. The van der Waals surface area contributed by atoms with E-state index in [0.29, 0.717) is 29.2 Å². The number of para-hydroxylation sites is 1. The molecule has 0 atom stereocenters. The maximum absolute atomic E-state index is 12.8. The number of hydrazone groups is 1. The largest absolute Gasteiger partial charge is 0.494 e. The lowest BCUT2D eigenvalue weighted by molar-refractivity contribution is -0.136. The van der Waals surface area contributed by atoms with Crippen LogP contribution in [0.2, 0.25) is 0 Å². The summed E-state index contributed by atoms with van der Waals surface area (Å²) in [6.07, 6.45) is 1.34. The van der Waals surface area contributed by atoms with Crippen molar-refractivity contribution in [1.29, 1.82) is 0 Å². The highest BCUT2D eigenvalue weighted by Crippen LogP contribution is 2.27. The molecule has 0 bridgehead atoms. The highest BCUT2D eigenvalue weighted by atomic mass is 16.5. The summed E-state index contributed by atoms with van der Waals surface area (Å²) in [6.45, 7) is 2.40. The Morgan fingerprint density at radius 1 is 0.833 bits per heavy atom. The van der Waals surface area contributed by atoms with Gasteiger partial charge in [-0.05, 0) is 60.2 Å². The Morgan fingerprint density at radius 2 is 1.56 bits per heavy atom. The molecule has 0 saturated carbocycles.